The van der Waals surface area contributed by atoms with Crippen LogP contribution in [0.2, 0.25) is 0 Å². The summed E-state index contributed by atoms with van der Waals surface area (Å²) in [7, 11) is 0. The summed E-state index contributed by atoms with van der Waals surface area (Å²) in [5.41, 5.74) is 1.000. The Kier molecular flexibility index (Phi) is 3.82. The molecular formula is C19H16O3Se. The van der Waals surface area contributed by atoms with Crippen LogP contribution in [0.25, 0.3) is 11.0 Å². The van der Waals surface area contributed by atoms with Gasteiger partial charge in [-0.1, -0.05) is 0 Å². The summed E-state index contributed by atoms with van der Waals surface area (Å²) in [6, 6.07) is 17.6. The third kappa shape index (κ3) is 2.63. The van der Waals surface area contributed by atoms with Crippen LogP contribution < -0.4 is 9.89 Å². The maximum atomic E-state index is 12.8. The molecule has 0 unspecified atom stereocenters. The molecule has 0 amide bonds. The Hall–Kier alpha value is -1.87. The standard InChI is InChI=1S/C19H16O3Se/c20-14-10-11-16(23-12-6-2-1-3-7-12)19-17(14)18(21)13-8-4-5-9-15(13)22-19/h1-9,14,16,20H,10-11H2/t14-,16-/m0/s1. The third-order valence-corrected chi connectivity index (χ3v) is 6.89. The van der Waals surface area contributed by atoms with E-state index in [-0.39, 0.29) is 25.2 Å². The second kappa shape index (κ2) is 5.97. The number of rotatable bonds is 2. The minimum absolute atomic E-state index is 0.0806. The Bertz CT molecular complexity index is 901. The first-order chi connectivity index (χ1) is 11.2. The number of para-hydroxylation sites is 1. The van der Waals surface area contributed by atoms with Gasteiger partial charge < -0.3 is 0 Å². The van der Waals surface area contributed by atoms with Crippen LogP contribution in [0.5, 0.6) is 0 Å². The van der Waals surface area contributed by atoms with E-state index in [4.69, 9.17) is 4.42 Å². The van der Waals surface area contributed by atoms with Crippen LogP contribution in [0.15, 0.2) is 63.8 Å². The van der Waals surface area contributed by atoms with Crippen molar-refractivity contribution in [1.82, 2.24) is 0 Å². The van der Waals surface area contributed by atoms with Crippen LogP contribution in [0.3, 0.4) is 0 Å². The molecule has 1 aliphatic carbocycles. The Morgan fingerprint density at radius 2 is 1.74 bits per heavy atom. The van der Waals surface area contributed by atoms with Crippen molar-refractivity contribution in [3.8, 4) is 0 Å². The summed E-state index contributed by atoms with van der Waals surface area (Å²) in [5.74, 6) is 0.691. The molecule has 0 saturated heterocycles. The number of hydrogen-bond acceptors (Lipinski definition) is 3. The Morgan fingerprint density at radius 1 is 1.00 bits per heavy atom. The molecule has 2 atom stereocenters. The Morgan fingerprint density at radius 3 is 2.57 bits per heavy atom. The van der Waals surface area contributed by atoms with Gasteiger partial charge in [-0.3, -0.25) is 0 Å². The molecule has 4 rings (SSSR count). The second-order valence-electron chi connectivity index (χ2n) is 5.72. The molecule has 0 radical (unpaired) electrons. The predicted molar refractivity (Wildman–Crippen MR) is 91.2 cm³/mol. The zero-order chi connectivity index (χ0) is 15.8. The first-order valence-corrected chi connectivity index (χ1v) is 9.54. The summed E-state index contributed by atoms with van der Waals surface area (Å²) in [6.45, 7) is 0. The first kappa shape index (κ1) is 14.7. The van der Waals surface area contributed by atoms with E-state index in [9.17, 15) is 9.90 Å². The van der Waals surface area contributed by atoms with Crippen molar-refractivity contribution in [1.29, 1.82) is 0 Å². The number of benzene rings is 2. The number of hydrogen-bond donors (Lipinski definition) is 1. The van der Waals surface area contributed by atoms with Crippen molar-refractivity contribution < 1.29 is 9.52 Å². The number of aliphatic hydroxyl groups excluding tert-OH is 1. The molecule has 116 valence electrons. The molecule has 23 heavy (non-hydrogen) atoms. The average Bonchev–Trinajstić information content (AvgIpc) is 2.58. The van der Waals surface area contributed by atoms with Crippen LogP contribution >= 0.6 is 0 Å². The van der Waals surface area contributed by atoms with Crippen molar-refractivity contribution in [3.05, 3.63) is 76.1 Å². The summed E-state index contributed by atoms with van der Waals surface area (Å²) in [4.78, 5) is 13.0. The van der Waals surface area contributed by atoms with Gasteiger partial charge in [0.25, 0.3) is 0 Å². The van der Waals surface area contributed by atoms with Crippen LogP contribution in [-0.4, -0.2) is 20.1 Å². The van der Waals surface area contributed by atoms with E-state index in [1.807, 2.05) is 36.4 Å². The van der Waals surface area contributed by atoms with Crippen molar-refractivity contribution in [2.75, 3.05) is 0 Å². The van der Waals surface area contributed by atoms with Gasteiger partial charge in [-0.25, -0.2) is 0 Å². The van der Waals surface area contributed by atoms with Gasteiger partial charge in [0.15, 0.2) is 0 Å². The summed E-state index contributed by atoms with van der Waals surface area (Å²) in [5, 5.41) is 10.9. The van der Waals surface area contributed by atoms with Crippen LogP contribution in [0, 0.1) is 0 Å². The zero-order valence-electron chi connectivity index (χ0n) is 12.4. The van der Waals surface area contributed by atoms with Crippen molar-refractivity contribution in [2.24, 2.45) is 0 Å². The van der Waals surface area contributed by atoms with Crippen molar-refractivity contribution in [3.63, 3.8) is 0 Å². The van der Waals surface area contributed by atoms with E-state index in [1.165, 1.54) is 4.46 Å². The van der Waals surface area contributed by atoms with Crippen LogP contribution in [0.4, 0.5) is 0 Å². The molecule has 0 fully saturated rings. The van der Waals surface area contributed by atoms with E-state index in [0.29, 0.717) is 28.7 Å². The van der Waals surface area contributed by atoms with Crippen LogP contribution in [-0.2, 0) is 0 Å². The summed E-state index contributed by atoms with van der Waals surface area (Å²) < 4.78 is 7.36. The quantitative estimate of drug-likeness (QED) is 0.705. The molecular weight excluding hydrogens is 355 g/mol. The van der Waals surface area contributed by atoms with Gasteiger partial charge in [0, 0.05) is 0 Å². The third-order valence-electron chi connectivity index (χ3n) is 4.21. The molecule has 0 aliphatic heterocycles. The molecule has 1 aliphatic rings. The molecule has 1 heterocycles. The second-order valence-corrected chi connectivity index (χ2v) is 8.40. The molecule has 2 aromatic carbocycles. The molecule has 1 N–H and O–H groups in total. The first-order valence-electron chi connectivity index (χ1n) is 7.69. The maximum absolute atomic E-state index is 12.8. The molecule has 0 saturated carbocycles. The van der Waals surface area contributed by atoms with Gasteiger partial charge in [0.2, 0.25) is 0 Å². The van der Waals surface area contributed by atoms with Crippen molar-refractivity contribution >= 4 is 30.4 Å². The van der Waals surface area contributed by atoms with Gasteiger partial charge in [0.1, 0.15) is 0 Å². The van der Waals surface area contributed by atoms with Crippen LogP contribution in [0.1, 0.15) is 35.1 Å². The van der Waals surface area contributed by atoms with E-state index >= 15 is 0 Å². The predicted octanol–water partition coefficient (Wildman–Crippen LogP) is 2.69. The number of fused-ring (bicyclic) bond motifs is 2. The SMILES string of the molecule is O=c1c2c(oc3ccccc13)[C@@H]([Se]c1ccccc1)CC[C@@H]2O. The van der Waals surface area contributed by atoms with Gasteiger partial charge in [-0.2, -0.15) is 0 Å². The monoisotopic (exact) mass is 372 g/mol. The molecule has 0 bridgehead atoms. The summed E-state index contributed by atoms with van der Waals surface area (Å²) >= 11 is 0.175. The zero-order valence-corrected chi connectivity index (χ0v) is 14.2. The van der Waals surface area contributed by atoms with Crippen molar-refractivity contribution in [2.45, 2.75) is 23.8 Å². The fraction of sp³-hybridized carbons (Fsp3) is 0.211. The van der Waals surface area contributed by atoms with E-state index in [0.717, 1.165) is 6.42 Å². The van der Waals surface area contributed by atoms with E-state index in [2.05, 4.69) is 12.1 Å². The van der Waals surface area contributed by atoms with E-state index in [1.54, 1.807) is 6.07 Å². The molecule has 3 nitrogen and oxygen atoms in total. The molecule has 4 heteroatoms. The van der Waals surface area contributed by atoms with E-state index < -0.39 is 6.10 Å². The summed E-state index contributed by atoms with van der Waals surface area (Å²) in [6.07, 6.45) is 0.758. The minimum atomic E-state index is -0.714. The Balaban J connectivity index is 1.85. The van der Waals surface area contributed by atoms with Gasteiger partial charge in [-0.05, 0) is 0 Å². The molecule has 1 aromatic heterocycles. The molecule has 3 aromatic rings. The fourth-order valence-electron chi connectivity index (χ4n) is 3.09. The average molecular weight is 371 g/mol. The number of aliphatic hydroxyl groups is 1. The Labute approximate surface area is 140 Å². The van der Waals surface area contributed by atoms with Gasteiger partial charge in [-0.15, -0.1) is 0 Å². The van der Waals surface area contributed by atoms with Gasteiger partial charge >= 0.3 is 140 Å². The van der Waals surface area contributed by atoms with Gasteiger partial charge in [0.05, 0.1) is 0 Å². The topological polar surface area (TPSA) is 50.4 Å². The normalized spacial score (nSPS) is 20.4. The molecule has 0 spiro atoms. The fourth-order valence-corrected chi connectivity index (χ4v) is 5.56.